The fourth-order valence-corrected chi connectivity index (χ4v) is 14.7. The normalized spacial score (nSPS) is 12.1. The van der Waals surface area contributed by atoms with Crippen molar-refractivity contribution in [1.82, 2.24) is 39.9 Å². The molecule has 19 rings (SSSR count). The lowest BCUT2D eigenvalue weighted by molar-refractivity contribution is 1.31. The van der Waals surface area contributed by atoms with Gasteiger partial charge in [0.05, 0.1) is 45.6 Å². The largest absolute Gasteiger partial charge is 0.354 e. The second-order valence-corrected chi connectivity index (χ2v) is 25.8. The Balaban J connectivity index is 0.876. The summed E-state index contributed by atoms with van der Waals surface area (Å²) >= 11 is 0. The minimum atomic E-state index is 0.793. The molecule has 28 bridgehead atoms. The number of benzene rings is 8. The summed E-state index contributed by atoms with van der Waals surface area (Å²) in [7, 11) is 0. The van der Waals surface area contributed by atoms with Gasteiger partial charge in [-0.15, -0.1) is 0 Å². The average molecular weight is 1320 g/mol. The monoisotopic (exact) mass is 1320 g/mol. The molecule has 0 fully saturated rings. The third-order valence-corrected chi connectivity index (χ3v) is 19.3. The van der Waals surface area contributed by atoms with Crippen molar-refractivity contribution in [2.75, 3.05) is 0 Å². The van der Waals surface area contributed by atoms with Gasteiger partial charge in [-0.1, -0.05) is 194 Å². The highest BCUT2D eigenvalue weighted by atomic mass is 14.8. The van der Waals surface area contributed by atoms with Gasteiger partial charge in [0.1, 0.15) is 0 Å². The van der Waals surface area contributed by atoms with Crippen molar-refractivity contribution in [3.05, 3.63) is 335 Å². The first-order chi connectivity index (χ1) is 51.5. The van der Waals surface area contributed by atoms with Crippen LogP contribution in [0.5, 0.6) is 0 Å². The maximum absolute atomic E-state index is 5.59. The van der Waals surface area contributed by atoms with E-state index in [1.165, 1.54) is 0 Å². The van der Waals surface area contributed by atoms with Crippen molar-refractivity contribution in [3.63, 3.8) is 0 Å². The van der Waals surface area contributed by atoms with E-state index in [1.807, 2.05) is 48.5 Å². The Hall–Kier alpha value is -14.8. The molecule has 8 heteroatoms. The Morgan fingerprint density at radius 3 is 0.538 bits per heavy atom. The molecule has 11 heterocycles. The van der Waals surface area contributed by atoms with E-state index < -0.39 is 0 Å². The number of nitrogens with zero attached hydrogens (tertiary/aromatic N) is 4. The van der Waals surface area contributed by atoms with Crippen LogP contribution in [0.4, 0.5) is 0 Å². The van der Waals surface area contributed by atoms with Crippen LogP contribution in [0.15, 0.2) is 267 Å². The highest BCUT2D eigenvalue weighted by Gasteiger charge is 2.23. The molecule has 0 atom stereocenters. The van der Waals surface area contributed by atoms with E-state index in [0.29, 0.717) is 0 Å². The lowest BCUT2D eigenvalue weighted by atomic mass is 10.0. The van der Waals surface area contributed by atoms with Crippen LogP contribution >= 0.6 is 0 Å². The number of aromatic nitrogens is 8. The Kier molecular flexibility index (Phi) is 15.0. The highest BCUT2D eigenvalue weighted by Crippen LogP contribution is 2.42. The van der Waals surface area contributed by atoms with Crippen LogP contribution in [0.2, 0.25) is 0 Å². The number of hydrogen-bond acceptors (Lipinski definition) is 4. The van der Waals surface area contributed by atoms with Crippen LogP contribution in [-0.4, -0.2) is 39.9 Å². The first-order valence-electron chi connectivity index (χ1n) is 34.5. The molecular weight excluding hydrogens is 1270 g/mol. The van der Waals surface area contributed by atoms with Crippen LogP contribution in [-0.2, 0) is 0 Å². The molecule has 6 aromatic heterocycles. The third-order valence-electron chi connectivity index (χ3n) is 19.3. The van der Waals surface area contributed by atoms with Crippen LogP contribution in [0.1, 0.15) is 67.8 Å². The smallest absolute Gasteiger partial charge is 0.0737 e. The molecule has 0 saturated carbocycles. The standard InChI is InChI=1S/C96H56N8/c1-5-29-65(30-6-1)89-73-41-49-81(97-73)93-69-37-17-25-61(57-69)21-13-15-23-63-27-19-39-71(59-63)95-85-53-45-77(101-85)91(67-33-9-3-10-34-67)78-46-54-86(102-78)96(88-56-48-80(104-88)92(68-35-11-4-12-36-68)79-47-55-87(95)103-79)72-40-20-28-64(60-72)24-16-14-22-62-26-18-38-70(58-62)94(82-50-42-74(89)98-82)84-52-44-76(100-84)90(66-31-7-2-8-32-66)75-43-51-83(93)99-75/h1-12,17-20,25-60,97,100-101,104H. The summed E-state index contributed by atoms with van der Waals surface area (Å²) in [6.07, 6.45) is 17.0. The van der Waals surface area contributed by atoms with Crippen molar-refractivity contribution in [1.29, 1.82) is 0 Å². The average Bonchev–Trinajstić information content (AvgIpc) is 1.61. The van der Waals surface area contributed by atoms with Crippen molar-refractivity contribution >= 4 is 92.7 Å². The van der Waals surface area contributed by atoms with Gasteiger partial charge in [-0.2, -0.15) is 0 Å². The molecule has 0 aliphatic carbocycles. The lowest BCUT2D eigenvalue weighted by Crippen LogP contribution is -1.90. The van der Waals surface area contributed by atoms with Crippen LogP contribution < -0.4 is 0 Å². The Morgan fingerprint density at radius 2 is 0.346 bits per heavy atom. The quantitative estimate of drug-likeness (QED) is 0.131. The summed E-state index contributed by atoms with van der Waals surface area (Å²) < 4.78 is 0. The van der Waals surface area contributed by atoms with E-state index in [-0.39, 0.29) is 0 Å². The summed E-state index contributed by atoms with van der Waals surface area (Å²) in [4.78, 5) is 38.0. The van der Waals surface area contributed by atoms with Crippen molar-refractivity contribution in [3.8, 4) is 136 Å². The van der Waals surface area contributed by atoms with Crippen molar-refractivity contribution in [2.24, 2.45) is 0 Å². The zero-order valence-corrected chi connectivity index (χ0v) is 55.8. The second-order valence-electron chi connectivity index (χ2n) is 25.8. The number of hydrogen-bond donors (Lipinski definition) is 4. The number of H-pyrrole nitrogens is 4. The van der Waals surface area contributed by atoms with Crippen LogP contribution in [0.3, 0.4) is 0 Å². The van der Waals surface area contributed by atoms with E-state index in [9.17, 15) is 0 Å². The first-order valence-corrected chi connectivity index (χ1v) is 34.5. The summed E-state index contributed by atoms with van der Waals surface area (Å²) in [5, 5.41) is 0. The molecule has 5 aliphatic heterocycles. The molecule has 0 unspecified atom stereocenters. The molecule has 104 heavy (non-hydrogen) atoms. The van der Waals surface area contributed by atoms with E-state index in [0.717, 1.165) is 201 Å². The van der Waals surface area contributed by atoms with Gasteiger partial charge >= 0.3 is 0 Å². The number of fused-ring (bicyclic) bond motifs is 24. The van der Waals surface area contributed by atoms with Gasteiger partial charge in [-0.25, -0.2) is 19.9 Å². The third kappa shape index (κ3) is 11.3. The Bertz CT molecular complexity index is 5910. The second kappa shape index (κ2) is 25.8. The Morgan fingerprint density at radius 1 is 0.173 bits per heavy atom. The van der Waals surface area contributed by atoms with Gasteiger partial charge in [0.15, 0.2) is 0 Å². The van der Waals surface area contributed by atoms with Crippen LogP contribution in [0, 0.1) is 47.4 Å². The SMILES string of the molecule is C1#Cc2cccc(c2)-c2c3nc(c(-c4ccccc4)c4ccc([nH]4)c(c4nc(c(-c5ccccc5)c5ccc2[nH]5)C=C4)-c2cccc(c2)C#CC#Cc2cccc(c2)-c2c4nc(c(-c5ccccc5)c5ccc([nH]5)c(c5nc(c(-c6ccccc6)c6ccc2[nH]6)C=C5)-c2cccc(c2)C#C1)C=C4)C=C3. The summed E-state index contributed by atoms with van der Waals surface area (Å²) in [6.45, 7) is 0. The van der Waals surface area contributed by atoms with Gasteiger partial charge in [0.25, 0.3) is 0 Å². The predicted molar refractivity (Wildman–Crippen MR) is 429 cm³/mol. The molecular formula is C96H56N8. The number of aromatic amines is 4. The van der Waals surface area contributed by atoms with Crippen molar-refractivity contribution in [2.45, 2.75) is 0 Å². The predicted octanol–water partition coefficient (Wildman–Crippen LogP) is 22.1. The highest BCUT2D eigenvalue weighted by molar-refractivity contribution is 6.03. The minimum Gasteiger partial charge on any atom is -0.354 e. The van der Waals surface area contributed by atoms with Crippen LogP contribution in [0.25, 0.3) is 182 Å². The molecule has 8 nitrogen and oxygen atoms in total. The molecule has 0 amide bonds. The van der Waals surface area contributed by atoms with E-state index in [2.05, 4.69) is 334 Å². The Labute approximate surface area is 600 Å². The van der Waals surface area contributed by atoms with E-state index >= 15 is 0 Å². The van der Waals surface area contributed by atoms with Gasteiger partial charge in [-0.3, -0.25) is 0 Å². The molecule has 0 radical (unpaired) electrons. The zero-order chi connectivity index (χ0) is 68.9. The first kappa shape index (κ1) is 60.4. The molecule has 8 aromatic carbocycles. The fraction of sp³-hybridized carbons (Fsp3) is 0. The van der Waals surface area contributed by atoms with Gasteiger partial charge in [-0.05, 0) is 214 Å². The molecule has 5 aliphatic rings. The molecule has 0 saturated heterocycles. The molecule has 4 N–H and O–H groups in total. The van der Waals surface area contributed by atoms with Gasteiger partial charge < -0.3 is 19.9 Å². The maximum Gasteiger partial charge on any atom is 0.0737 e. The van der Waals surface area contributed by atoms with Crippen molar-refractivity contribution < 1.29 is 0 Å². The fourth-order valence-electron chi connectivity index (χ4n) is 14.7. The topological polar surface area (TPSA) is 115 Å². The summed E-state index contributed by atoms with van der Waals surface area (Å²) in [5.74, 6) is 26.7. The molecule has 14 aromatic rings. The van der Waals surface area contributed by atoms with Gasteiger partial charge in [0.2, 0.25) is 0 Å². The minimum absolute atomic E-state index is 0.793. The summed E-state index contributed by atoms with van der Waals surface area (Å²) in [6, 6.07) is 92.4. The number of nitrogens with one attached hydrogen (secondary N) is 4. The lowest BCUT2D eigenvalue weighted by Gasteiger charge is -2.07. The molecule has 0 spiro atoms. The molecule has 480 valence electrons. The van der Waals surface area contributed by atoms with E-state index in [1.54, 1.807) is 0 Å². The van der Waals surface area contributed by atoms with E-state index in [4.69, 9.17) is 19.9 Å². The van der Waals surface area contributed by atoms with Gasteiger partial charge in [0, 0.05) is 111 Å². The number of rotatable bonds is 4. The maximum atomic E-state index is 5.59. The zero-order valence-electron chi connectivity index (χ0n) is 55.8. The summed E-state index contributed by atoms with van der Waals surface area (Å²) in [5.41, 5.74) is 32.0.